The lowest BCUT2D eigenvalue weighted by Gasteiger charge is -2.32. The van der Waals surface area contributed by atoms with E-state index in [9.17, 15) is 9.65 Å². The predicted octanol–water partition coefficient (Wildman–Crippen LogP) is 5.52. The fraction of sp³-hybridized carbons (Fsp3) is 0.357. The second-order valence-electron chi connectivity index (χ2n) is 10.8. The van der Waals surface area contributed by atoms with Crippen molar-refractivity contribution in [3.05, 3.63) is 76.5 Å². The molecule has 2 radical (unpaired) electrons. The molecule has 2 aromatic carbocycles. The van der Waals surface area contributed by atoms with Crippen LogP contribution in [0.4, 0.5) is 15.8 Å². The van der Waals surface area contributed by atoms with Gasteiger partial charge in [0.2, 0.25) is 0 Å². The summed E-state index contributed by atoms with van der Waals surface area (Å²) in [6.45, 7) is 0. The van der Waals surface area contributed by atoms with Gasteiger partial charge in [0.1, 0.15) is 25.4 Å². The summed E-state index contributed by atoms with van der Waals surface area (Å²) in [6, 6.07) is 12.6. The first-order chi connectivity index (χ1) is 18.4. The first-order valence-corrected chi connectivity index (χ1v) is 13.3. The Bertz CT molecular complexity index is 1600. The smallest absolute Gasteiger partial charge is 0.123 e. The average Bonchev–Trinajstić information content (AvgIpc) is 3.83. The second kappa shape index (κ2) is 8.70. The van der Waals surface area contributed by atoms with Crippen molar-refractivity contribution < 1.29 is 4.39 Å². The van der Waals surface area contributed by atoms with Crippen molar-refractivity contribution in [3.8, 4) is 6.07 Å². The van der Waals surface area contributed by atoms with E-state index in [1.54, 1.807) is 24.4 Å². The van der Waals surface area contributed by atoms with Crippen LogP contribution in [0.5, 0.6) is 0 Å². The van der Waals surface area contributed by atoms with Crippen LogP contribution in [-0.2, 0) is 5.44 Å². The number of fused-ring (bicyclic) bond motifs is 2. The predicted molar refractivity (Wildman–Crippen MR) is 145 cm³/mol. The number of rotatable bonds is 7. The fourth-order valence-corrected chi connectivity index (χ4v) is 6.11. The molecule has 3 saturated carbocycles. The molecule has 188 valence electrons. The number of anilines is 2. The topological polar surface area (TPSA) is 91.5 Å². The molecule has 0 amide bonds. The summed E-state index contributed by atoms with van der Waals surface area (Å²) in [5.74, 6) is 1.09. The van der Waals surface area contributed by atoms with E-state index in [1.165, 1.54) is 25.0 Å². The maximum Gasteiger partial charge on any atom is 0.123 e. The van der Waals surface area contributed by atoms with Crippen molar-refractivity contribution in [2.45, 2.75) is 49.6 Å². The van der Waals surface area contributed by atoms with Crippen molar-refractivity contribution in [1.29, 1.82) is 5.26 Å². The van der Waals surface area contributed by atoms with Crippen LogP contribution < -0.4 is 10.6 Å². The van der Waals surface area contributed by atoms with Gasteiger partial charge < -0.3 is 10.6 Å². The molecular weight excluding hydrogens is 500 g/mol. The lowest BCUT2D eigenvalue weighted by Crippen LogP contribution is -2.37. The summed E-state index contributed by atoms with van der Waals surface area (Å²) < 4.78 is 15.6. The lowest BCUT2D eigenvalue weighted by atomic mass is 9.69. The minimum atomic E-state index is -1.32. The SMILES string of the molecule is [B]C(Nc1cc(Cl)c2ncc(C#N)c(NC3CCC4CC43)c2c1)(c1ccc(F)cc1)c1cn(C2CC2)nn1. The molecule has 3 aliphatic rings. The van der Waals surface area contributed by atoms with Gasteiger partial charge in [-0.15, -0.1) is 5.10 Å². The molecule has 0 saturated heterocycles. The van der Waals surface area contributed by atoms with E-state index in [2.05, 4.69) is 32.0 Å². The molecule has 4 atom stereocenters. The van der Waals surface area contributed by atoms with Crippen molar-refractivity contribution in [1.82, 2.24) is 20.0 Å². The summed E-state index contributed by atoms with van der Waals surface area (Å²) in [5, 5.41) is 26.8. The van der Waals surface area contributed by atoms with Crippen molar-refractivity contribution in [2.24, 2.45) is 11.8 Å². The summed E-state index contributed by atoms with van der Waals surface area (Å²) in [4.78, 5) is 4.49. The van der Waals surface area contributed by atoms with Crippen molar-refractivity contribution >= 4 is 41.7 Å². The number of pyridine rings is 1. The second-order valence-corrected chi connectivity index (χ2v) is 11.2. The van der Waals surface area contributed by atoms with Gasteiger partial charge in [-0.05, 0) is 73.8 Å². The molecule has 38 heavy (non-hydrogen) atoms. The Morgan fingerprint density at radius 3 is 2.66 bits per heavy atom. The molecule has 2 aromatic heterocycles. The average molecular weight is 524 g/mol. The molecule has 7 nitrogen and oxygen atoms in total. The molecular formula is C28H24BClFN7. The molecule has 10 heteroatoms. The van der Waals surface area contributed by atoms with Gasteiger partial charge in [0.25, 0.3) is 0 Å². The van der Waals surface area contributed by atoms with Crippen LogP contribution in [0.2, 0.25) is 5.02 Å². The normalized spacial score (nSPS) is 23.4. The third-order valence-electron chi connectivity index (χ3n) is 8.19. The quantitative estimate of drug-likeness (QED) is 0.310. The third-order valence-corrected chi connectivity index (χ3v) is 8.48. The number of nitrogens with one attached hydrogen (secondary N) is 2. The van der Waals surface area contributed by atoms with Gasteiger partial charge in [-0.1, -0.05) is 28.9 Å². The van der Waals surface area contributed by atoms with E-state index < -0.39 is 5.44 Å². The van der Waals surface area contributed by atoms with Gasteiger partial charge in [-0.25, -0.2) is 9.07 Å². The highest BCUT2D eigenvalue weighted by molar-refractivity contribution is 6.36. The molecule has 0 bridgehead atoms. The van der Waals surface area contributed by atoms with Crippen LogP contribution >= 0.6 is 11.6 Å². The Kier molecular flexibility index (Phi) is 5.38. The molecule has 7 rings (SSSR count). The van der Waals surface area contributed by atoms with Crippen LogP contribution in [-0.4, -0.2) is 33.9 Å². The Balaban J connectivity index is 1.32. The van der Waals surface area contributed by atoms with Gasteiger partial charge in [-0.3, -0.25) is 4.98 Å². The zero-order valence-corrected chi connectivity index (χ0v) is 21.3. The number of nitriles is 1. The van der Waals surface area contributed by atoms with Gasteiger partial charge in [0.15, 0.2) is 0 Å². The van der Waals surface area contributed by atoms with Gasteiger partial charge in [0, 0.05) is 23.3 Å². The van der Waals surface area contributed by atoms with Crippen molar-refractivity contribution in [2.75, 3.05) is 10.6 Å². The molecule has 3 fully saturated rings. The molecule has 2 N–H and O–H groups in total. The van der Waals surface area contributed by atoms with Gasteiger partial charge >= 0.3 is 0 Å². The Morgan fingerprint density at radius 1 is 1.16 bits per heavy atom. The molecule has 0 aliphatic heterocycles. The van der Waals surface area contributed by atoms with E-state index in [0.717, 1.165) is 36.3 Å². The van der Waals surface area contributed by atoms with Crippen LogP contribution in [0.3, 0.4) is 0 Å². The number of benzene rings is 2. The van der Waals surface area contributed by atoms with Crippen LogP contribution in [0, 0.1) is 29.0 Å². The molecule has 2 heterocycles. The summed E-state index contributed by atoms with van der Waals surface area (Å²) in [7, 11) is 7.02. The van der Waals surface area contributed by atoms with Gasteiger partial charge in [0.05, 0.1) is 39.5 Å². The number of hydrogen-bond acceptors (Lipinski definition) is 6. The Hall–Kier alpha value is -3.64. The fourth-order valence-electron chi connectivity index (χ4n) is 5.84. The number of nitrogens with zero attached hydrogens (tertiary/aromatic N) is 5. The Morgan fingerprint density at radius 2 is 1.97 bits per heavy atom. The van der Waals surface area contributed by atoms with Crippen LogP contribution in [0.15, 0.2) is 48.8 Å². The van der Waals surface area contributed by atoms with E-state index in [-0.39, 0.29) is 5.82 Å². The third kappa shape index (κ3) is 3.99. The highest BCUT2D eigenvalue weighted by Gasteiger charge is 2.48. The van der Waals surface area contributed by atoms with Crippen LogP contribution in [0.25, 0.3) is 10.9 Å². The summed E-state index contributed by atoms with van der Waals surface area (Å²) >= 11 is 6.74. The largest absolute Gasteiger partial charge is 0.380 e. The highest BCUT2D eigenvalue weighted by Crippen LogP contribution is 2.53. The van der Waals surface area contributed by atoms with Gasteiger partial charge in [-0.2, -0.15) is 5.26 Å². The number of aromatic nitrogens is 4. The zero-order chi connectivity index (χ0) is 26.0. The zero-order valence-electron chi connectivity index (χ0n) is 20.5. The van der Waals surface area contributed by atoms with E-state index in [1.807, 2.05) is 16.9 Å². The minimum absolute atomic E-state index is 0.328. The molecule has 4 unspecified atom stereocenters. The first kappa shape index (κ1) is 23.5. The van der Waals surface area contributed by atoms with E-state index >= 15 is 0 Å². The van der Waals surface area contributed by atoms with Crippen molar-refractivity contribution in [3.63, 3.8) is 0 Å². The molecule has 4 aromatic rings. The maximum absolute atomic E-state index is 13.8. The molecule has 0 spiro atoms. The number of halogens is 2. The Labute approximate surface area is 225 Å². The lowest BCUT2D eigenvalue weighted by molar-refractivity contribution is 0.610. The standard InChI is InChI=1S/C28H24BClFN7/c29-28(17-2-4-18(31)5-3-17,25-14-38(37-36-25)20-6-7-20)35-19-10-22-26(34-24-8-1-15-9-21(15)24)16(12-32)13-33-27(22)23(30)11-19/h2-5,10-11,13-15,20-21,24,35H,1,6-9H2,(H,33,34). The summed E-state index contributed by atoms with van der Waals surface area (Å²) in [5.41, 5.74) is 2.23. The minimum Gasteiger partial charge on any atom is -0.380 e. The monoisotopic (exact) mass is 523 g/mol. The summed E-state index contributed by atoms with van der Waals surface area (Å²) in [6.07, 6.45) is 9.06. The number of hydrogen-bond donors (Lipinski definition) is 2. The van der Waals surface area contributed by atoms with E-state index in [0.29, 0.717) is 51.0 Å². The highest BCUT2D eigenvalue weighted by atomic mass is 35.5. The molecule has 3 aliphatic carbocycles. The first-order valence-electron chi connectivity index (χ1n) is 13.0. The van der Waals surface area contributed by atoms with E-state index in [4.69, 9.17) is 19.4 Å². The maximum atomic E-state index is 13.8. The van der Waals surface area contributed by atoms with Crippen LogP contribution in [0.1, 0.15) is 55.0 Å².